The summed E-state index contributed by atoms with van der Waals surface area (Å²) in [5, 5.41) is 0. The predicted octanol–water partition coefficient (Wildman–Crippen LogP) is 4.96. The van der Waals surface area contributed by atoms with Crippen molar-refractivity contribution in [1.82, 2.24) is 0 Å². The second kappa shape index (κ2) is 17.0. The molecule has 0 aromatic heterocycles. The molecule has 23 heavy (non-hydrogen) atoms. The molecule has 0 bridgehead atoms. The van der Waals surface area contributed by atoms with Crippen LogP contribution in [-0.2, 0) is 19.1 Å². The number of rotatable bonds is 16. The largest absolute Gasteiger partial charge is 0.466 e. The first-order valence-electron chi connectivity index (χ1n) is 9.15. The quantitative estimate of drug-likeness (QED) is 0.228. The lowest BCUT2D eigenvalue weighted by Crippen LogP contribution is -2.07. The normalized spacial score (nSPS) is 10.3. The summed E-state index contributed by atoms with van der Waals surface area (Å²) in [7, 11) is 0. The van der Waals surface area contributed by atoms with Crippen LogP contribution < -0.4 is 0 Å². The number of carbonyl (C=O) groups excluding carboxylic acids is 2. The molecule has 0 radical (unpaired) electrons. The Bertz CT molecular complexity index is 312. The van der Waals surface area contributed by atoms with Crippen LogP contribution in [0.4, 0.5) is 0 Å². The minimum Gasteiger partial charge on any atom is -0.466 e. The molecule has 0 saturated heterocycles. The van der Waals surface area contributed by atoms with Gasteiger partial charge in [0.15, 0.2) is 0 Å². The summed E-state index contributed by atoms with van der Waals surface area (Å²) in [4.78, 5) is 22.3. The third-order valence-electron chi connectivity index (χ3n) is 3.70. The van der Waals surface area contributed by atoms with Crippen molar-refractivity contribution in [2.75, 3.05) is 13.2 Å². The van der Waals surface area contributed by atoms with E-state index in [1.54, 1.807) is 0 Å². The number of unbranched alkanes of at least 4 members (excludes halogenated alkanes) is 9. The average molecular weight is 326 g/mol. The van der Waals surface area contributed by atoms with Crippen molar-refractivity contribution in [3.05, 3.63) is 12.7 Å². The van der Waals surface area contributed by atoms with Crippen LogP contribution >= 0.6 is 0 Å². The Balaban J connectivity index is 3.22. The van der Waals surface area contributed by atoms with Gasteiger partial charge in [-0.2, -0.15) is 0 Å². The zero-order valence-corrected chi connectivity index (χ0v) is 14.8. The Morgan fingerprint density at radius 3 is 1.87 bits per heavy atom. The highest BCUT2D eigenvalue weighted by Gasteiger charge is 2.03. The van der Waals surface area contributed by atoms with Gasteiger partial charge in [-0.15, -0.1) is 0 Å². The Kier molecular flexibility index (Phi) is 16.1. The van der Waals surface area contributed by atoms with Gasteiger partial charge in [-0.25, -0.2) is 4.79 Å². The summed E-state index contributed by atoms with van der Waals surface area (Å²) >= 11 is 0. The molecule has 0 amide bonds. The van der Waals surface area contributed by atoms with Crippen LogP contribution in [0.5, 0.6) is 0 Å². The van der Waals surface area contributed by atoms with Crippen molar-refractivity contribution >= 4 is 11.9 Å². The zero-order valence-electron chi connectivity index (χ0n) is 14.8. The lowest BCUT2D eigenvalue weighted by Gasteiger charge is -2.05. The molecule has 134 valence electrons. The molecule has 0 atom stereocenters. The Morgan fingerprint density at radius 1 is 0.783 bits per heavy atom. The summed E-state index contributed by atoms with van der Waals surface area (Å²) in [6.07, 6.45) is 14.3. The number of hydrogen-bond donors (Lipinski definition) is 0. The van der Waals surface area contributed by atoms with Crippen molar-refractivity contribution in [3.8, 4) is 0 Å². The highest BCUT2D eigenvalue weighted by molar-refractivity contribution is 5.81. The fourth-order valence-corrected chi connectivity index (χ4v) is 2.27. The van der Waals surface area contributed by atoms with Crippen LogP contribution in [0.15, 0.2) is 12.7 Å². The number of carbonyl (C=O) groups is 2. The smallest absolute Gasteiger partial charge is 0.330 e. The fraction of sp³-hybridized carbons (Fsp3) is 0.789. The minimum atomic E-state index is -0.410. The van der Waals surface area contributed by atoms with E-state index < -0.39 is 5.97 Å². The Labute approximate surface area is 141 Å². The molecule has 0 fully saturated rings. The number of hydrogen-bond acceptors (Lipinski definition) is 4. The van der Waals surface area contributed by atoms with Crippen molar-refractivity contribution < 1.29 is 19.1 Å². The van der Waals surface area contributed by atoms with Gasteiger partial charge in [0.25, 0.3) is 0 Å². The Hall–Kier alpha value is -1.32. The topological polar surface area (TPSA) is 52.6 Å². The maximum absolute atomic E-state index is 11.5. The monoisotopic (exact) mass is 326 g/mol. The van der Waals surface area contributed by atoms with Gasteiger partial charge in [0.1, 0.15) is 0 Å². The maximum Gasteiger partial charge on any atom is 0.330 e. The van der Waals surface area contributed by atoms with Crippen LogP contribution in [0.3, 0.4) is 0 Å². The molecule has 0 aromatic rings. The van der Waals surface area contributed by atoms with Crippen molar-refractivity contribution in [2.24, 2.45) is 0 Å². The molecule has 0 heterocycles. The average Bonchev–Trinajstić information content (AvgIpc) is 2.56. The van der Waals surface area contributed by atoms with E-state index in [1.165, 1.54) is 44.9 Å². The summed E-state index contributed by atoms with van der Waals surface area (Å²) in [6.45, 7) is 6.30. The molecule has 4 nitrogen and oxygen atoms in total. The second-order valence-electron chi connectivity index (χ2n) is 5.88. The van der Waals surface area contributed by atoms with Crippen molar-refractivity contribution in [3.63, 3.8) is 0 Å². The van der Waals surface area contributed by atoms with Crippen LogP contribution in [0, 0.1) is 0 Å². The van der Waals surface area contributed by atoms with E-state index in [9.17, 15) is 9.59 Å². The van der Waals surface area contributed by atoms with Gasteiger partial charge in [0, 0.05) is 12.5 Å². The summed E-state index contributed by atoms with van der Waals surface area (Å²) in [5.41, 5.74) is 0. The molecule has 0 aromatic carbocycles. The molecule has 4 heteroatoms. The molecule has 0 unspecified atom stereocenters. The van der Waals surface area contributed by atoms with E-state index in [4.69, 9.17) is 9.47 Å². The molecular weight excluding hydrogens is 292 g/mol. The van der Waals surface area contributed by atoms with E-state index >= 15 is 0 Å². The standard InChI is InChI=1S/C19H34O4/c1-3-5-6-7-8-9-10-11-12-15-19(21)23-17-14-13-16-22-18(20)4-2/h4H,2-3,5-17H2,1H3. The van der Waals surface area contributed by atoms with Gasteiger partial charge < -0.3 is 9.47 Å². The SMILES string of the molecule is C=CC(=O)OCCCCOC(=O)CCCCCCCCCCC. The van der Waals surface area contributed by atoms with E-state index in [-0.39, 0.29) is 5.97 Å². The summed E-state index contributed by atoms with van der Waals surface area (Å²) < 4.78 is 9.98. The summed E-state index contributed by atoms with van der Waals surface area (Å²) in [6, 6.07) is 0. The summed E-state index contributed by atoms with van der Waals surface area (Å²) in [5.74, 6) is -0.525. The Morgan fingerprint density at radius 2 is 1.30 bits per heavy atom. The van der Waals surface area contributed by atoms with Crippen LogP contribution in [-0.4, -0.2) is 25.2 Å². The molecular formula is C19H34O4. The lowest BCUT2D eigenvalue weighted by atomic mass is 10.1. The fourth-order valence-electron chi connectivity index (χ4n) is 2.27. The zero-order chi connectivity index (χ0) is 17.2. The van der Waals surface area contributed by atoms with E-state index in [0.717, 1.165) is 18.9 Å². The van der Waals surface area contributed by atoms with Gasteiger partial charge in [-0.3, -0.25) is 4.79 Å². The highest BCUT2D eigenvalue weighted by atomic mass is 16.5. The predicted molar refractivity (Wildman–Crippen MR) is 93.2 cm³/mol. The first-order valence-corrected chi connectivity index (χ1v) is 9.15. The van der Waals surface area contributed by atoms with Crippen LogP contribution in [0.1, 0.15) is 84.0 Å². The molecule has 0 aliphatic heterocycles. The van der Waals surface area contributed by atoms with Crippen molar-refractivity contribution in [1.29, 1.82) is 0 Å². The van der Waals surface area contributed by atoms with Gasteiger partial charge >= 0.3 is 11.9 Å². The molecule has 0 aliphatic rings. The van der Waals surface area contributed by atoms with Gasteiger partial charge in [-0.05, 0) is 19.3 Å². The van der Waals surface area contributed by atoms with Crippen LogP contribution in [0.25, 0.3) is 0 Å². The van der Waals surface area contributed by atoms with E-state index in [0.29, 0.717) is 32.5 Å². The first-order chi connectivity index (χ1) is 11.2. The molecule has 0 N–H and O–H groups in total. The van der Waals surface area contributed by atoms with Gasteiger partial charge in [0.2, 0.25) is 0 Å². The second-order valence-corrected chi connectivity index (χ2v) is 5.88. The maximum atomic E-state index is 11.5. The van der Waals surface area contributed by atoms with Crippen molar-refractivity contribution in [2.45, 2.75) is 84.0 Å². The highest BCUT2D eigenvalue weighted by Crippen LogP contribution is 2.10. The minimum absolute atomic E-state index is 0.115. The molecule has 0 saturated carbocycles. The van der Waals surface area contributed by atoms with E-state index in [2.05, 4.69) is 13.5 Å². The molecule has 0 rings (SSSR count). The molecule has 0 spiro atoms. The van der Waals surface area contributed by atoms with Gasteiger partial charge in [0.05, 0.1) is 13.2 Å². The molecule has 0 aliphatic carbocycles. The third kappa shape index (κ3) is 16.9. The van der Waals surface area contributed by atoms with Gasteiger partial charge in [-0.1, -0.05) is 64.9 Å². The first kappa shape index (κ1) is 21.7. The number of ether oxygens (including phenoxy) is 2. The third-order valence-corrected chi connectivity index (χ3v) is 3.70. The lowest BCUT2D eigenvalue weighted by molar-refractivity contribution is -0.144. The number of esters is 2. The van der Waals surface area contributed by atoms with E-state index in [1.807, 2.05) is 0 Å². The van der Waals surface area contributed by atoms with Crippen LogP contribution in [0.2, 0.25) is 0 Å².